The number of hydrogen-bond donors (Lipinski definition) is 1. The highest BCUT2D eigenvalue weighted by atomic mass is 35.5. The van der Waals surface area contributed by atoms with Crippen molar-refractivity contribution in [2.45, 2.75) is 37.4 Å². The number of rotatable bonds is 1. The van der Waals surface area contributed by atoms with Crippen LogP contribution in [0.25, 0.3) is 0 Å². The van der Waals surface area contributed by atoms with Crippen LogP contribution >= 0.6 is 11.6 Å². The minimum absolute atomic E-state index is 0.0894. The molecule has 1 aromatic carbocycles. The van der Waals surface area contributed by atoms with Crippen LogP contribution in [0.1, 0.15) is 36.8 Å². The van der Waals surface area contributed by atoms with E-state index in [1.807, 2.05) is 0 Å². The van der Waals surface area contributed by atoms with Crippen molar-refractivity contribution in [3.05, 3.63) is 34.3 Å². The third-order valence-corrected chi connectivity index (χ3v) is 3.51. The van der Waals surface area contributed by atoms with Gasteiger partial charge in [0.15, 0.2) is 0 Å². The first-order valence-electron chi connectivity index (χ1n) is 5.48. The Morgan fingerprint density at radius 3 is 2.24 bits per heavy atom. The van der Waals surface area contributed by atoms with E-state index >= 15 is 0 Å². The number of hydrogen-bond acceptors (Lipinski definition) is 1. The van der Waals surface area contributed by atoms with E-state index in [4.69, 9.17) is 17.3 Å². The highest BCUT2D eigenvalue weighted by Crippen LogP contribution is 2.40. The van der Waals surface area contributed by atoms with Gasteiger partial charge >= 0.3 is 6.18 Å². The number of halogens is 4. The van der Waals surface area contributed by atoms with Gasteiger partial charge in [0.25, 0.3) is 0 Å². The van der Waals surface area contributed by atoms with Crippen molar-refractivity contribution in [1.82, 2.24) is 0 Å². The van der Waals surface area contributed by atoms with Gasteiger partial charge in [0.2, 0.25) is 0 Å². The van der Waals surface area contributed by atoms with Crippen LogP contribution in [0.15, 0.2) is 18.2 Å². The molecule has 1 aliphatic rings. The fourth-order valence-corrected chi connectivity index (χ4v) is 2.57. The summed E-state index contributed by atoms with van der Waals surface area (Å²) in [5.41, 5.74) is 5.26. The fraction of sp³-hybridized carbons (Fsp3) is 0.500. The Labute approximate surface area is 103 Å². The first-order valence-corrected chi connectivity index (χ1v) is 5.86. The second kappa shape index (κ2) is 4.18. The summed E-state index contributed by atoms with van der Waals surface area (Å²) in [6, 6.07) is 3.60. The van der Waals surface area contributed by atoms with Gasteiger partial charge in [-0.05, 0) is 36.6 Å². The number of nitrogens with two attached hydrogens (primary N) is 1. The van der Waals surface area contributed by atoms with Gasteiger partial charge in [0.05, 0.1) is 5.56 Å². The molecule has 0 aliphatic heterocycles. The highest BCUT2D eigenvalue weighted by molar-refractivity contribution is 6.30. The van der Waals surface area contributed by atoms with Gasteiger partial charge < -0.3 is 5.73 Å². The summed E-state index contributed by atoms with van der Waals surface area (Å²) in [4.78, 5) is 0. The minimum Gasteiger partial charge on any atom is -0.321 e. The molecular formula is C12H13ClF3N. The predicted molar refractivity (Wildman–Crippen MR) is 60.8 cm³/mol. The van der Waals surface area contributed by atoms with E-state index in [2.05, 4.69) is 0 Å². The number of alkyl halides is 3. The van der Waals surface area contributed by atoms with Gasteiger partial charge in [0.1, 0.15) is 0 Å². The molecule has 0 aromatic heterocycles. The standard InChI is InChI=1S/C12H13ClF3N/c13-10-6-8(11(17)3-1-2-4-11)5-9(7-10)12(14,15)16/h5-7H,1-4,17H2. The third kappa shape index (κ3) is 2.58. The van der Waals surface area contributed by atoms with Crippen molar-refractivity contribution < 1.29 is 13.2 Å². The van der Waals surface area contributed by atoms with Crippen LogP contribution in [0.2, 0.25) is 5.02 Å². The molecule has 17 heavy (non-hydrogen) atoms. The molecule has 1 aromatic rings. The minimum atomic E-state index is -4.38. The summed E-state index contributed by atoms with van der Waals surface area (Å²) in [5.74, 6) is 0. The van der Waals surface area contributed by atoms with Crippen LogP contribution < -0.4 is 5.73 Å². The predicted octanol–water partition coefficient (Wildman–Crippen LogP) is 4.09. The molecule has 1 fully saturated rings. The highest BCUT2D eigenvalue weighted by Gasteiger charge is 2.36. The normalized spacial score (nSPS) is 19.6. The second-order valence-corrected chi connectivity index (χ2v) is 5.03. The van der Waals surface area contributed by atoms with Crippen molar-refractivity contribution in [2.24, 2.45) is 5.73 Å². The van der Waals surface area contributed by atoms with Crippen molar-refractivity contribution in [3.8, 4) is 0 Å². The maximum absolute atomic E-state index is 12.7. The average Bonchev–Trinajstić information content (AvgIpc) is 2.64. The average molecular weight is 264 g/mol. The number of benzene rings is 1. The molecule has 2 N–H and O–H groups in total. The summed E-state index contributed by atoms with van der Waals surface area (Å²) in [6.07, 6.45) is -1.06. The quantitative estimate of drug-likeness (QED) is 0.811. The van der Waals surface area contributed by atoms with E-state index in [9.17, 15) is 13.2 Å². The Kier molecular flexibility index (Phi) is 3.12. The maximum atomic E-state index is 12.7. The molecule has 0 atom stereocenters. The van der Waals surface area contributed by atoms with Crippen LogP contribution in [0.5, 0.6) is 0 Å². The Bertz CT molecular complexity index is 422. The van der Waals surface area contributed by atoms with E-state index in [1.54, 1.807) is 6.07 Å². The molecule has 0 amide bonds. The molecule has 0 spiro atoms. The van der Waals surface area contributed by atoms with E-state index in [0.29, 0.717) is 18.4 Å². The van der Waals surface area contributed by atoms with Gasteiger partial charge in [-0.25, -0.2) is 0 Å². The summed E-state index contributed by atoms with van der Waals surface area (Å²) >= 11 is 5.74. The monoisotopic (exact) mass is 263 g/mol. The first-order chi connectivity index (χ1) is 7.81. The molecule has 0 bridgehead atoms. The molecule has 0 radical (unpaired) electrons. The van der Waals surface area contributed by atoms with Crippen LogP contribution in [-0.4, -0.2) is 0 Å². The van der Waals surface area contributed by atoms with Gasteiger partial charge in [-0.2, -0.15) is 13.2 Å². The molecule has 0 heterocycles. The Balaban J connectivity index is 2.45. The van der Waals surface area contributed by atoms with Crippen LogP contribution in [0, 0.1) is 0 Å². The summed E-state index contributed by atoms with van der Waals surface area (Å²) in [6.45, 7) is 0. The lowest BCUT2D eigenvalue weighted by Crippen LogP contribution is -2.33. The third-order valence-electron chi connectivity index (χ3n) is 3.30. The summed E-state index contributed by atoms with van der Waals surface area (Å²) < 4.78 is 38.0. The van der Waals surface area contributed by atoms with Crippen molar-refractivity contribution in [3.63, 3.8) is 0 Å². The van der Waals surface area contributed by atoms with Crippen LogP contribution in [0.3, 0.4) is 0 Å². The van der Waals surface area contributed by atoms with E-state index in [0.717, 1.165) is 25.0 Å². The molecule has 94 valence electrons. The molecular weight excluding hydrogens is 251 g/mol. The van der Waals surface area contributed by atoms with E-state index < -0.39 is 17.3 Å². The van der Waals surface area contributed by atoms with E-state index in [-0.39, 0.29) is 5.02 Å². The van der Waals surface area contributed by atoms with Gasteiger partial charge in [-0.15, -0.1) is 0 Å². The molecule has 5 heteroatoms. The van der Waals surface area contributed by atoms with Crippen LogP contribution in [-0.2, 0) is 11.7 Å². The van der Waals surface area contributed by atoms with Crippen molar-refractivity contribution >= 4 is 11.6 Å². The maximum Gasteiger partial charge on any atom is 0.416 e. The molecule has 1 aliphatic carbocycles. The summed E-state index contributed by atoms with van der Waals surface area (Å²) in [7, 11) is 0. The molecule has 0 unspecified atom stereocenters. The van der Waals surface area contributed by atoms with Crippen molar-refractivity contribution in [2.75, 3.05) is 0 Å². The zero-order valence-corrected chi connectivity index (χ0v) is 9.91. The SMILES string of the molecule is NC1(c2cc(Cl)cc(C(F)(F)F)c2)CCCC1. The molecule has 1 saturated carbocycles. The lowest BCUT2D eigenvalue weighted by atomic mass is 9.88. The fourth-order valence-electron chi connectivity index (χ4n) is 2.34. The van der Waals surface area contributed by atoms with Crippen molar-refractivity contribution in [1.29, 1.82) is 0 Å². The zero-order valence-electron chi connectivity index (χ0n) is 9.15. The second-order valence-electron chi connectivity index (χ2n) is 4.59. The smallest absolute Gasteiger partial charge is 0.321 e. The Morgan fingerprint density at radius 2 is 1.71 bits per heavy atom. The molecule has 2 rings (SSSR count). The first kappa shape index (κ1) is 12.7. The zero-order chi connectivity index (χ0) is 12.7. The Hall–Kier alpha value is -0.740. The van der Waals surface area contributed by atoms with E-state index in [1.165, 1.54) is 0 Å². The molecule has 0 saturated heterocycles. The Morgan fingerprint density at radius 1 is 1.12 bits per heavy atom. The van der Waals surface area contributed by atoms with Gasteiger partial charge in [-0.3, -0.25) is 0 Å². The van der Waals surface area contributed by atoms with Crippen LogP contribution in [0.4, 0.5) is 13.2 Å². The topological polar surface area (TPSA) is 26.0 Å². The van der Waals surface area contributed by atoms with Gasteiger partial charge in [0, 0.05) is 10.6 Å². The van der Waals surface area contributed by atoms with Gasteiger partial charge in [-0.1, -0.05) is 24.4 Å². The lowest BCUT2D eigenvalue weighted by molar-refractivity contribution is -0.137. The largest absolute Gasteiger partial charge is 0.416 e. The summed E-state index contributed by atoms with van der Waals surface area (Å²) in [5, 5.41) is 0.0894. The molecule has 1 nitrogen and oxygen atoms in total. The lowest BCUT2D eigenvalue weighted by Gasteiger charge is -2.25.